The van der Waals surface area contributed by atoms with Crippen molar-refractivity contribution in [3.63, 3.8) is 0 Å². The summed E-state index contributed by atoms with van der Waals surface area (Å²) in [7, 11) is 0. The van der Waals surface area contributed by atoms with Gasteiger partial charge in [-0.2, -0.15) is 0 Å². The number of benzene rings is 1. The molecular formula is C11H10Br2F2O. The minimum Gasteiger partial charge on any atom is -0.381 e. The third-order valence-corrected chi connectivity index (χ3v) is 4.56. The molecule has 0 aliphatic carbocycles. The number of alkyl halides is 1. The quantitative estimate of drug-likeness (QED) is 0.570. The van der Waals surface area contributed by atoms with Crippen LogP contribution in [0.5, 0.6) is 0 Å². The lowest BCUT2D eigenvalue weighted by Gasteiger charge is -2.17. The monoisotopic (exact) mass is 354 g/mol. The van der Waals surface area contributed by atoms with E-state index >= 15 is 0 Å². The fourth-order valence-corrected chi connectivity index (χ4v) is 2.87. The van der Waals surface area contributed by atoms with Crippen LogP contribution in [0, 0.1) is 17.6 Å². The van der Waals surface area contributed by atoms with Crippen LogP contribution in [-0.4, -0.2) is 13.2 Å². The second kappa shape index (κ2) is 5.10. The maximum Gasteiger partial charge on any atom is 0.137 e. The zero-order valence-electron chi connectivity index (χ0n) is 8.35. The standard InChI is InChI=1S/C11H10Br2F2O/c12-8-4-9(14)7(3-10(8)15)11(13)6-1-2-16-5-6/h3-4,6,11H,1-2,5H2. The lowest BCUT2D eigenvalue weighted by atomic mass is 9.98. The Hall–Kier alpha value is -0.000000000000000111. The van der Waals surface area contributed by atoms with Gasteiger partial charge < -0.3 is 4.74 Å². The molecule has 1 aromatic carbocycles. The minimum atomic E-state index is -0.445. The van der Waals surface area contributed by atoms with Crippen LogP contribution in [-0.2, 0) is 4.74 Å². The highest BCUT2D eigenvalue weighted by Gasteiger charge is 2.27. The molecule has 1 saturated heterocycles. The van der Waals surface area contributed by atoms with E-state index in [2.05, 4.69) is 31.9 Å². The molecule has 0 radical (unpaired) electrons. The van der Waals surface area contributed by atoms with E-state index in [1.807, 2.05) is 0 Å². The summed E-state index contributed by atoms with van der Waals surface area (Å²) < 4.78 is 32.4. The van der Waals surface area contributed by atoms with Crippen molar-refractivity contribution >= 4 is 31.9 Å². The van der Waals surface area contributed by atoms with E-state index in [1.54, 1.807) is 0 Å². The van der Waals surface area contributed by atoms with Gasteiger partial charge in [-0.25, -0.2) is 8.78 Å². The largest absolute Gasteiger partial charge is 0.381 e. The van der Waals surface area contributed by atoms with Crippen LogP contribution in [0.2, 0.25) is 0 Å². The van der Waals surface area contributed by atoms with Crippen LogP contribution in [0.3, 0.4) is 0 Å². The molecule has 0 bridgehead atoms. The molecule has 2 rings (SSSR count). The Balaban J connectivity index is 2.28. The summed E-state index contributed by atoms with van der Waals surface area (Å²) in [4.78, 5) is -0.197. The highest BCUT2D eigenvalue weighted by molar-refractivity contribution is 9.10. The van der Waals surface area contributed by atoms with E-state index in [1.165, 1.54) is 6.07 Å². The molecule has 1 aliphatic rings. The summed E-state index contributed by atoms with van der Waals surface area (Å²) >= 11 is 6.38. The molecule has 0 amide bonds. The van der Waals surface area contributed by atoms with Gasteiger partial charge in [-0.3, -0.25) is 0 Å². The minimum absolute atomic E-state index is 0.149. The maximum atomic E-state index is 13.7. The molecule has 0 N–H and O–H groups in total. The lowest BCUT2D eigenvalue weighted by Crippen LogP contribution is -2.09. The van der Waals surface area contributed by atoms with Crippen molar-refractivity contribution in [3.05, 3.63) is 33.8 Å². The molecule has 88 valence electrons. The van der Waals surface area contributed by atoms with Crippen LogP contribution < -0.4 is 0 Å². The molecule has 0 aromatic heterocycles. The maximum absolute atomic E-state index is 13.7. The first-order valence-corrected chi connectivity index (χ1v) is 6.66. The molecule has 0 spiro atoms. The first-order chi connectivity index (χ1) is 7.59. The normalized spacial score (nSPS) is 22.4. The molecule has 1 aromatic rings. The molecule has 2 unspecified atom stereocenters. The summed E-state index contributed by atoms with van der Waals surface area (Å²) in [6.07, 6.45) is 0.868. The third-order valence-electron chi connectivity index (χ3n) is 2.72. The average Bonchev–Trinajstić information content (AvgIpc) is 2.75. The first kappa shape index (κ1) is 12.5. The van der Waals surface area contributed by atoms with Gasteiger partial charge in [-0.05, 0) is 34.5 Å². The Kier molecular flexibility index (Phi) is 3.97. The Bertz CT molecular complexity index is 392. The molecule has 0 saturated carbocycles. The van der Waals surface area contributed by atoms with Gasteiger partial charge in [0.25, 0.3) is 0 Å². The van der Waals surface area contributed by atoms with Gasteiger partial charge >= 0.3 is 0 Å². The number of rotatable bonds is 2. The van der Waals surface area contributed by atoms with Gasteiger partial charge in [-0.1, -0.05) is 15.9 Å². The summed E-state index contributed by atoms with van der Waals surface area (Å²) in [5, 5.41) is 0. The number of hydrogen-bond donors (Lipinski definition) is 0. The Morgan fingerprint density at radius 1 is 1.31 bits per heavy atom. The lowest BCUT2D eigenvalue weighted by molar-refractivity contribution is 0.185. The van der Waals surface area contributed by atoms with Crippen molar-refractivity contribution in [2.45, 2.75) is 11.2 Å². The van der Waals surface area contributed by atoms with Crippen molar-refractivity contribution in [1.82, 2.24) is 0 Å². The Morgan fingerprint density at radius 2 is 2.06 bits per heavy atom. The van der Waals surface area contributed by atoms with E-state index < -0.39 is 11.6 Å². The fourth-order valence-electron chi connectivity index (χ4n) is 1.79. The third kappa shape index (κ3) is 2.46. The van der Waals surface area contributed by atoms with Crippen molar-refractivity contribution < 1.29 is 13.5 Å². The van der Waals surface area contributed by atoms with Crippen molar-refractivity contribution in [1.29, 1.82) is 0 Å². The number of hydrogen-bond acceptors (Lipinski definition) is 1. The topological polar surface area (TPSA) is 9.23 Å². The van der Waals surface area contributed by atoms with Gasteiger partial charge in [0.2, 0.25) is 0 Å². The first-order valence-electron chi connectivity index (χ1n) is 4.96. The number of ether oxygens (including phenoxy) is 1. The highest BCUT2D eigenvalue weighted by atomic mass is 79.9. The van der Waals surface area contributed by atoms with E-state index in [-0.39, 0.29) is 15.2 Å². The highest BCUT2D eigenvalue weighted by Crippen LogP contribution is 2.38. The van der Waals surface area contributed by atoms with Gasteiger partial charge in [0.05, 0.1) is 11.1 Å². The van der Waals surface area contributed by atoms with Gasteiger partial charge in [0.15, 0.2) is 0 Å². The summed E-state index contributed by atoms with van der Waals surface area (Å²) in [5.41, 5.74) is 0.358. The van der Waals surface area contributed by atoms with Crippen LogP contribution >= 0.6 is 31.9 Å². The van der Waals surface area contributed by atoms with E-state index in [4.69, 9.17) is 4.74 Å². The van der Waals surface area contributed by atoms with Gasteiger partial charge in [0, 0.05) is 22.9 Å². The zero-order valence-corrected chi connectivity index (χ0v) is 11.5. The van der Waals surface area contributed by atoms with E-state index in [0.717, 1.165) is 12.5 Å². The van der Waals surface area contributed by atoms with Crippen molar-refractivity contribution in [3.8, 4) is 0 Å². The van der Waals surface area contributed by atoms with Crippen LogP contribution in [0.15, 0.2) is 16.6 Å². The predicted octanol–water partition coefficient (Wildman–Crippen LogP) is 4.20. The van der Waals surface area contributed by atoms with E-state index in [9.17, 15) is 8.78 Å². The molecule has 5 heteroatoms. The molecule has 1 nitrogen and oxygen atoms in total. The number of halogens is 4. The summed E-state index contributed by atoms with van der Waals surface area (Å²) in [6, 6.07) is 2.39. The SMILES string of the molecule is Fc1cc(C(Br)C2CCOC2)c(F)cc1Br. The molecule has 1 fully saturated rings. The Morgan fingerprint density at radius 3 is 2.69 bits per heavy atom. The van der Waals surface area contributed by atoms with Crippen molar-refractivity contribution in [2.24, 2.45) is 5.92 Å². The zero-order chi connectivity index (χ0) is 11.7. The molecule has 16 heavy (non-hydrogen) atoms. The second-order valence-corrected chi connectivity index (χ2v) is 5.65. The van der Waals surface area contributed by atoms with E-state index in [0.29, 0.717) is 18.8 Å². The summed E-state index contributed by atoms with van der Waals surface area (Å²) in [5.74, 6) is -0.642. The van der Waals surface area contributed by atoms with Crippen LogP contribution in [0.25, 0.3) is 0 Å². The molecule has 1 aliphatic heterocycles. The van der Waals surface area contributed by atoms with Gasteiger partial charge in [-0.15, -0.1) is 0 Å². The van der Waals surface area contributed by atoms with Crippen LogP contribution in [0.4, 0.5) is 8.78 Å². The molecule has 2 atom stereocenters. The second-order valence-electron chi connectivity index (χ2n) is 3.81. The van der Waals surface area contributed by atoms with Crippen LogP contribution in [0.1, 0.15) is 16.8 Å². The average molecular weight is 356 g/mol. The molecular weight excluding hydrogens is 346 g/mol. The van der Waals surface area contributed by atoms with Gasteiger partial charge in [0.1, 0.15) is 11.6 Å². The smallest absolute Gasteiger partial charge is 0.137 e. The van der Waals surface area contributed by atoms with Crippen molar-refractivity contribution in [2.75, 3.05) is 13.2 Å². The fraction of sp³-hybridized carbons (Fsp3) is 0.455. The molecule has 1 heterocycles. The predicted molar refractivity (Wildman–Crippen MR) is 64.7 cm³/mol. The Labute approximate surface area is 109 Å². The summed E-state index contributed by atoms with van der Waals surface area (Å²) in [6.45, 7) is 1.28.